The van der Waals surface area contributed by atoms with Crippen LogP contribution in [0.1, 0.15) is 30.9 Å². The maximum Gasteiger partial charge on any atom is 0.407 e. The molecule has 2 saturated heterocycles. The number of aryl methyl sites for hydroxylation is 1. The molecule has 15 nitrogen and oxygen atoms in total. The Bertz CT molecular complexity index is 1590. The first-order valence-corrected chi connectivity index (χ1v) is 19.0. The summed E-state index contributed by atoms with van der Waals surface area (Å²) in [5.74, 6) is -1.09. The topological polar surface area (TPSA) is 174 Å². The molecule has 296 valence electrons. The number of likely N-dealkylation sites (N-methyl/N-ethyl adjacent to an activating group) is 1. The minimum absolute atomic E-state index is 0.0643. The highest BCUT2D eigenvalue weighted by Crippen LogP contribution is 2.35. The molecule has 0 aliphatic carbocycles. The van der Waals surface area contributed by atoms with E-state index in [1.54, 1.807) is 4.90 Å². The zero-order valence-electron chi connectivity index (χ0n) is 31.1. The highest BCUT2D eigenvalue weighted by Gasteiger charge is 2.46. The van der Waals surface area contributed by atoms with Crippen molar-refractivity contribution in [2.75, 3.05) is 97.0 Å². The lowest BCUT2D eigenvalue weighted by Crippen LogP contribution is -2.49. The van der Waals surface area contributed by atoms with Crippen LogP contribution in [0.2, 0.25) is 5.02 Å². The van der Waals surface area contributed by atoms with E-state index in [9.17, 15) is 29.4 Å². The molecular weight excluding hydrogens is 786 g/mol. The van der Waals surface area contributed by atoms with Gasteiger partial charge in [-0.05, 0) is 81.6 Å². The number of aliphatic carboxylic acids is 1. The number of carbonyl (C=O) groups is 4. The highest BCUT2D eigenvalue weighted by atomic mass is 79.9. The first-order valence-electron chi connectivity index (χ1n) is 17.8. The van der Waals surface area contributed by atoms with Crippen molar-refractivity contribution < 1.29 is 39.0 Å². The van der Waals surface area contributed by atoms with Gasteiger partial charge in [-0.2, -0.15) is 9.59 Å². The molecule has 0 spiro atoms. The molecule has 0 aromatic heterocycles. The smallest absolute Gasteiger partial charge is 0.407 e. The number of nitrogens with one attached hydrogen (secondary N) is 1. The molecular formula is C37H51BrClN7O8. The van der Waals surface area contributed by atoms with Gasteiger partial charge in [-0.15, -0.1) is 0 Å². The van der Waals surface area contributed by atoms with Gasteiger partial charge in [-0.3, -0.25) is 24.3 Å². The molecule has 17 heteroatoms. The number of carbonyl (C=O) groups excluding carboxylic acids is 4. The van der Waals surface area contributed by atoms with Gasteiger partial charge in [0.1, 0.15) is 0 Å². The lowest BCUT2D eigenvalue weighted by Gasteiger charge is -2.34. The number of hydrogen-bond donors (Lipinski definition) is 3. The summed E-state index contributed by atoms with van der Waals surface area (Å²) in [6.07, 6.45) is 1.25. The van der Waals surface area contributed by atoms with Gasteiger partial charge in [-0.25, -0.2) is 9.59 Å². The van der Waals surface area contributed by atoms with E-state index < -0.39 is 17.6 Å². The van der Waals surface area contributed by atoms with Crippen LogP contribution in [0.4, 0.5) is 15.3 Å². The average Bonchev–Trinajstić information content (AvgIpc) is 3.34. The fourth-order valence-electron chi connectivity index (χ4n) is 6.68. The second-order valence-electron chi connectivity index (χ2n) is 14.0. The number of anilines is 1. The Balaban J connectivity index is 0.00000253. The Labute approximate surface area is 329 Å². The van der Waals surface area contributed by atoms with Crippen molar-refractivity contribution in [1.82, 2.24) is 29.8 Å². The van der Waals surface area contributed by atoms with Crippen LogP contribution in [0, 0.1) is 6.92 Å². The second kappa shape index (κ2) is 21.7. The number of halogens is 2. The van der Waals surface area contributed by atoms with Gasteiger partial charge >= 0.3 is 24.2 Å². The number of carboxylic acids is 1. The third kappa shape index (κ3) is 14.3. The molecule has 1 atom stereocenters. The molecule has 4 rings (SSSR count). The first-order chi connectivity index (χ1) is 25.6. The van der Waals surface area contributed by atoms with Crippen molar-refractivity contribution >= 4 is 63.4 Å². The predicted molar refractivity (Wildman–Crippen MR) is 207 cm³/mol. The number of amides is 4. The molecule has 2 aliphatic heterocycles. The zero-order chi connectivity index (χ0) is 39.8. The van der Waals surface area contributed by atoms with E-state index in [-0.39, 0.29) is 44.3 Å². The van der Waals surface area contributed by atoms with E-state index in [1.165, 1.54) is 4.90 Å². The number of nitrogens with zero attached hydrogens (tertiary/aromatic N) is 6. The molecule has 0 radical (unpaired) electrons. The SMILES string of the molecule is Cc1cc(Cl)cc(N2C[C@](C)(Cc3ccc(Br)cc3)N(CCCCNC(=O)CN3CCN(C)CCN(CC(=O)O)CCN(C(=O)O)CC3)C2=O)c1.O=C=O. The summed E-state index contributed by atoms with van der Waals surface area (Å²) >= 11 is 9.89. The Hall–Kier alpha value is -4.05. The van der Waals surface area contributed by atoms with Crippen LogP contribution in [0.5, 0.6) is 0 Å². The summed E-state index contributed by atoms with van der Waals surface area (Å²) in [7, 11) is 1.96. The van der Waals surface area contributed by atoms with Gasteiger partial charge in [0, 0.05) is 80.6 Å². The lowest BCUT2D eigenvalue weighted by atomic mass is 9.91. The summed E-state index contributed by atoms with van der Waals surface area (Å²) in [6.45, 7) is 9.01. The Morgan fingerprint density at radius 1 is 0.907 bits per heavy atom. The van der Waals surface area contributed by atoms with Crippen LogP contribution in [0.3, 0.4) is 0 Å². The van der Waals surface area contributed by atoms with Crippen LogP contribution >= 0.6 is 27.5 Å². The monoisotopic (exact) mass is 835 g/mol. The van der Waals surface area contributed by atoms with E-state index >= 15 is 0 Å². The van der Waals surface area contributed by atoms with Gasteiger partial charge in [0.15, 0.2) is 0 Å². The minimum Gasteiger partial charge on any atom is -0.480 e. The van der Waals surface area contributed by atoms with Gasteiger partial charge < -0.3 is 30.2 Å². The molecule has 2 heterocycles. The fourth-order valence-corrected chi connectivity index (χ4v) is 7.23. The molecule has 3 N–H and O–H groups in total. The van der Waals surface area contributed by atoms with Crippen LogP contribution in [-0.4, -0.2) is 163 Å². The van der Waals surface area contributed by atoms with Crippen LogP contribution in [0.25, 0.3) is 0 Å². The normalized spacial score (nSPS) is 19.3. The number of rotatable bonds is 12. The van der Waals surface area contributed by atoms with E-state index in [2.05, 4.69) is 45.2 Å². The zero-order valence-corrected chi connectivity index (χ0v) is 33.5. The van der Waals surface area contributed by atoms with Crippen molar-refractivity contribution in [3.8, 4) is 0 Å². The lowest BCUT2D eigenvalue weighted by molar-refractivity contribution is -0.191. The van der Waals surface area contributed by atoms with E-state index in [0.717, 1.165) is 21.3 Å². The van der Waals surface area contributed by atoms with Crippen molar-refractivity contribution in [2.24, 2.45) is 0 Å². The third-order valence-electron chi connectivity index (χ3n) is 9.54. The van der Waals surface area contributed by atoms with Crippen LogP contribution < -0.4 is 10.2 Å². The summed E-state index contributed by atoms with van der Waals surface area (Å²) in [5, 5.41) is 22.6. The number of urea groups is 1. The maximum absolute atomic E-state index is 13.9. The number of unbranched alkanes of at least 4 members (excludes halogenated alkanes) is 1. The molecule has 2 fully saturated rings. The summed E-state index contributed by atoms with van der Waals surface area (Å²) in [5.41, 5.74) is 2.44. The van der Waals surface area contributed by atoms with E-state index in [0.29, 0.717) is 83.2 Å². The molecule has 0 bridgehead atoms. The van der Waals surface area contributed by atoms with Gasteiger partial charge in [0.05, 0.1) is 25.2 Å². The molecule has 4 amide bonds. The first kappa shape index (κ1) is 44.3. The van der Waals surface area contributed by atoms with Gasteiger partial charge in [0.2, 0.25) is 5.91 Å². The van der Waals surface area contributed by atoms with Crippen molar-refractivity contribution in [1.29, 1.82) is 0 Å². The van der Waals surface area contributed by atoms with Crippen LogP contribution in [-0.2, 0) is 25.6 Å². The molecule has 2 aromatic carbocycles. The van der Waals surface area contributed by atoms with Gasteiger partial charge in [0.25, 0.3) is 0 Å². The van der Waals surface area contributed by atoms with Crippen molar-refractivity contribution in [3.63, 3.8) is 0 Å². The van der Waals surface area contributed by atoms with Crippen LogP contribution in [0.15, 0.2) is 46.9 Å². The molecule has 54 heavy (non-hydrogen) atoms. The molecule has 0 unspecified atom stereocenters. The minimum atomic E-state index is -1.07. The third-order valence-corrected chi connectivity index (χ3v) is 10.3. The molecule has 0 saturated carbocycles. The quantitative estimate of drug-likeness (QED) is 0.267. The summed E-state index contributed by atoms with van der Waals surface area (Å²) < 4.78 is 0.998. The molecule has 2 aromatic rings. The van der Waals surface area contributed by atoms with E-state index in [4.69, 9.17) is 21.2 Å². The molecule has 2 aliphatic rings. The predicted octanol–water partition coefficient (Wildman–Crippen LogP) is 3.58. The van der Waals surface area contributed by atoms with Crippen molar-refractivity contribution in [2.45, 2.75) is 38.6 Å². The average molecular weight is 837 g/mol. The standard InChI is InChI=1S/C36H51BrClN7O6.CO2/c1-27-20-30(38)22-31(21-27)44-26-36(2,23-28-6-8-29(37)9-7-28)45(34(44)49)11-5-4-10-39-32(46)24-41-14-12-40(3)13-15-42(25-33(47)48)17-19-43(18-16-41)35(50)51;2-1-3/h6-9,20-22H,4-5,10-19,23-26H2,1-3H3,(H,39,46)(H,47,48)(H,50,51);/t36-;/m0./s1. The number of hydrogen-bond acceptors (Lipinski definition) is 9. The van der Waals surface area contributed by atoms with E-state index in [1.807, 2.05) is 59.0 Å². The Kier molecular flexibility index (Phi) is 17.9. The number of carboxylic acid groups (broad SMARTS) is 2. The maximum atomic E-state index is 13.9. The Morgan fingerprint density at radius 2 is 1.50 bits per heavy atom. The highest BCUT2D eigenvalue weighted by molar-refractivity contribution is 9.10. The van der Waals surface area contributed by atoms with Gasteiger partial charge in [-0.1, -0.05) is 39.7 Å². The van der Waals surface area contributed by atoms with Crippen molar-refractivity contribution in [3.05, 3.63) is 63.1 Å². The second-order valence-corrected chi connectivity index (χ2v) is 15.3. The number of benzene rings is 2. The Morgan fingerprint density at radius 3 is 2.07 bits per heavy atom. The largest absolute Gasteiger partial charge is 0.480 e. The summed E-state index contributed by atoms with van der Waals surface area (Å²) in [4.78, 5) is 77.3. The fraction of sp³-hybridized carbons (Fsp3) is 0.541. The summed E-state index contributed by atoms with van der Waals surface area (Å²) in [6, 6.07) is 13.8.